The van der Waals surface area contributed by atoms with Crippen LogP contribution in [-0.4, -0.2) is 17.7 Å². The number of carbonyl (C=O) groups is 1. The molecule has 0 spiro atoms. The first-order valence-corrected chi connectivity index (χ1v) is 9.56. The normalized spacial score (nSPS) is 19.3. The lowest BCUT2D eigenvalue weighted by Gasteiger charge is -2.16. The van der Waals surface area contributed by atoms with Crippen molar-refractivity contribution in [1.82, 2.24) is 4.98 Å². The molecule has 2 saturated carbocycles. The maximum Gasteiger partial charge on any atom is 0.235 e. The summed E-state index contributed by atoms with van der Waals surface area (Å²) >= 11 is 0. The Morgan fingerprint density at radius 2 is 1.89 bits per heavy atom. The number of aromatic nitrogens is 1. The van der Waals surface area contributed by atoms with Gasteiger partial charge in [-0.15, -0.1) is 0 Å². The summed E-state index contributed by atoms with van der Waals surface area (Å²) in [4.78, 5) is 16.6. The molecule has 2 N–H and O–H groups in total. The van der Waals surface area contributed by atoms with Crippen LogP contribution in [0.4, 0.5) is 5.69 Å². The lowest BCUT2D eigenvalue weighted by atomic mass is 9.94. The number of fused-ring (bicyclic) bond motifs is 2. The SMILES string of the molecule is O=C(Nc1ccc2[nH]c(C3CC3)cc2c1)C1(c2ccc3c(c2)OCO3)CC1. The van der Waals surface area contributed by atoms with E-state index in [-0.39, 0.29) is 12.7 Å². The molecule has 1 aromatic heterocycles. The molecule has 136 valence electrons. The van der Waals surface area contributed by atoms with Gasteiger partial charge in [-0.3, -0.25) is 4.79 Å². The average molecular weight is 360 g/mol. The first-order chi connectivity index (χ1) is 13.2. The predicted octanol–water partition coefficient (Wildman–Crippen LogP) is 4.44. The molecule has 5 nitrogen and oxygen atoms in total. The molecule has 1 aliphatic heterocycles. The smallest absolute Gasteiger partial charge is 0.235 e. The molecule has 2 aromatic carbocycles. The Bertz CT molecular complexity index is 1080. The van der Waals surface area contributed by atoms with E-state index in [1.807, 2.05) is 24.3 Å². The number of hydrogen-bond donors (Lipinski definition) is 2. The third-order valence-electron chi connectivity index (χ3n) is 6.03. The molecule has 2 heterocycles. The Kier molecular flexibility index (Phi) is 2.96. The first kappa shape index (κ1) is 15.1. The van der Waals surface area contributed by atoms with Gasteiger partial charge in [0.05, 0.1) is 5.41 Å². The molecule has 2 aliphatic carbocycles. The molecular weight excluding hydrogens is 340 g/mol. The van der Waals surface area contributed by atoms with Gasteiger partial charge in [-0.1, -0.05) is 6.07 Å². The maximum atomic E-state index is 13.1. The molecule has 0 bridgehead atoms. The number of amides is 1. The van der Waals surface area contributed by atoms with Crippen molar-refractivity contribution in [2.24, 2.45) is 0 Å². The fraction of sp³-hybridized carbons (Fsp3) is 0.318. The van der Waals surface area contributed by atoms with Gasteiger partial charge >= 0.3 is 0 Å². The van der Waals surface area contributed by atoms with Gasteiger partial charge in [-0.05, 0) is 73.6 Å². The third-order valence-corrected chi connectivity index (χ3v) is 6.03. The lowest BCUT2D eigenvalue weighted by molar-refractivity contribution is -0.118. The Labute approximate surface area is 156 Å². The van der Waals surface area contributed by atoms with E-state index in [4.69, 9.17) is 9.47 Å². The van der Waals surface area contributed by atoms with Crippen molar-refractivity contribution in [2.45, 2.75) is 37.0 Å². The van der Waals surface area contributed by atoms with E-state index in [1.165, 1.54) is 18.5 Å². The molecular formula is C22H20N2O3. The van der Waals surface area contributed by atoms with Crippen molar-refractivity contribution in [3.63, 3.8) is 0 Å². The molecule has 3 aliphatic rings. The number of anilines is 1. The standard InChI is InChI=1S/C22H20N2O3/c25-21(22(7-8-22)15-3-6-19-20(11-15)27-12-26-19)23-16-4-5-17-14(9-16)10-18(24-17)13-1-2-13/h3-6,9-11,13,24H,1-2,7-8,12H2,(H,23,25). The number of ether oxygens (including phenoxy) is 2. The molecule has 0 saturated heterocycles. The second-order valence-corrected chi connectivity index (χ2v) is 7.91. The van der Waals surface area contributed by atoms with E-state index in [1.54, 1.807) is 0 Å². The highest BCUT2D eigenvalue weighted by Crippen LogP contribution is 2.51. The van der Waals surface area contributed by atoms with E-state index in [2.05, 4.69) is 28.5 Å². The third kappa shape index (κ3) is 2.41. The number of carbonyl (C=O) groups excluding carboxylic acids is 1. The van der Waals surface area contributed by atoms with E-state index in [0.29, 0.717) is 5.92 Å². The predicted molar refractivity (Wildman–Crippen MR) is 102 cm³/mol. The molecule has 3 aromatic rings. The molecule has 27 heavy (non-hydrogen) atoms. The summed E-state index contributed by atoms with van der Waals surface area (Å²) in [5.74, 6) is 2.22. The van der Waals surface area contributed by atoms with Gasteiger partial charge in [0.2, 0.25) is 12.7 Å². The van der Waals surface area contributed by atoms with E-state index in [0.717, 1.165) is 46.5 Å². The number of nitrogens with one attached hydrogen (secondary N) is 2. The van der Waals surface area contributed by atoms with Crippen molar-refractivity contribution < 1.29 is 14.3 Å². The zero-order chi connectivity index (χ0) is 18.0. The van der Waals surface area contributed by atoms with Crippen LogP contribution in [0.3, 0.4) is 0 Å². The van der Waals surface area contributed by atoms with Gasteiger partial charge in [-0.2, -0.15) is 0 Å². The zero-order valence-electron chi connectivity index (χ0n) is 14.9. The van der Waals surface area contributed by atoms with Crippen LogP contribution in [0.2, 0.25) is 0 Å². The van der Waals surface area contributed by atoms with Crippen LogP contribution in [0, 0.1) is 0 Å². The Morgan fingerprint density at radius 1 is 1.04 bits per heavy atom. The highest BCUT2D eigenvalue weighted by molar-refractivity contribution is 6.02. The van der Waals surface area contributed by atoms with Crippen LogP contribution in [0.1, 0.15) is 42.9 Å². The average Bonchev–Trinajstić information content (AvgIpc) is 3.59. The summed E-state index contributed by atoms with van der Waals surface area (Å²) in [6, 6.07) is 14.1. The van der Waals surface area contributed by atoms with Gasteiger partial charge in [0.25, 0.3) is 0 Å². The summed E-state index contributed by atoms with van der Waals surface area (Å²) in [5.41, 5.74) is 3.84. The van der Waals surface area contributed by atoms with Crippen molar-refractivity contribution >= 4 is 22.5 Å². The minimum atomic E-state index is -0.451. The zero-order valence-corrected chi connectivity index (χ0v) is 14.9. The molecule has 5 heteroatoms. The van der Waals surface area contributed by atoms with E-state index < -0.39 is 5.41 Å². The van der Waals surface area contributed by atoms with Crippen molar-refractivity contribution in [1.29, 1.82) is 0 Å². The Morgan fingerprint density at radius 3 is 2.70 bits per heavy atom. The molecule has 0 radical (unpaired) electrons. The summed E-state index contributed by atoms with van der Waals surface area (Å²) in [6.45, 7) is 0.248. The van der Waals surface area contributed by atoms with Gasteiger partial charge < -0.3 is 19.8 Å². The second-order valence-electron chi connectivity index (χ2n) is 7.91. The van der Waals surface area contributed by atoms with E-state index >= 15 is 0 Å². The largest absolute Gasteiger partial charge is 0.454 e. The van der Waals surface area contributed by atoms with E-state index in [9.17, 15) is 4.79 Å². The fourth-order valence-electron chi connectivity index (χ4n) is 4.06. The Balaban J connectivity index is 1.27. The molecule has 6 rings (SSSR count). The second kappa shape index (κ2) is 5.28. The van der Waals surface area contributed by atoms with Gasteiger partial charge in [0.1, 0.15) is 0 Å². The molecule has 0 unspecified atom stereocenters. The monoisotopic (exact) mass is 360 g/mol. The topological polar surface area (TPSA) is 63.4 Å². The highest BCUT2D eigenvalue weighted by atomic mass is 16.7. The Hall–Kier alpha value is -2.95. The van der Waals surface area contributed by atoms with Crippen LogP contribution < -0.4 is 14.8 Å². The lowest BCUT2D eigenvalue weighted by Crippen LogP contribution is -2.27. The maximum absolute atomic E-state index is 13.1. The summed E-state index contributed by atoms with van der Waals surface area (Å²) in [5, 5.41) is 4.29. The van der Waals surface area contributed by atoms with Gasteiger partial charge in [0.15, 0.2) is 11.5 Å². The highest BCUT2D eigenvalue weighted by Gasteiger charge is 2.51. The molecule has 1 amide bonds. The fourth-order valence-corrected chi connectivity index (χ4v) is 4.06. The minimum Gasteiger partial charge on any atom is -0.454 e. The van der Waals surface area contributed by atoms with Crippen LogP contribution in [0.5, 0.6) is 11.5 Å². The number of rotatable bonds is 4. The molecule has 2 fully saturated rings. The summed E-state index contributed by atoms with van der Waals surface area (Å²) < 4.78 is 10.9. The number of H-pyrrole nitrogens is 1. The van der Waals surface area contributed by atoms with Gasteiger partial charge in [-0.25, -0.2) is 0 Å². The quantitative estimate of drug-likeness (QED) is 0.723. The van der Waals surface area contributed by atoms with Crippen LogP contribution in [0.25, 0.3) is 10.9 Å². The van der Waals surface area contributed by atoms with Crippen molar-refractivity contribution in [3.8, 4) is 11.5 Å². The summed E-state index contributed by atoms with van der Waals surface area (Å²) in [7, 11) is 0. The number of aromatic amines is 1. The van der Waals surface area contributed by atoms with Crippen molar-refractivity contribution in [2.75, 3.05) is 12.1 Å². The van der Waals surface area contributed by atoms with Crippen LogP contribution in [-0.2, 0) is 10.2 Å². The van der Waals surface area contributed by atoms with Crippen molar-refractivity contribution in [3.05, 3.63) is 53.7 Å². The summed E-state index contributed by atoms with van der Waals surface area (Å²) in [6.07, 6.45) is 4.26. The van der Waals surface area contributed by atoms with Crippen LogP contribution >= 0.6 is 0 Å². The minimum absolute atomic E-state index is 0.0543. The first-order valence-electron chi connectivity index (χ1n) is 9.56. The molecule has 0 atom stereocenters. The number of benzene rings is 2. The number of hydrogen-bond acceptors (Lipinski definition) is 3. The van der Waals surface area contributed by atoms with Crippen LogP contribution in [0.15, 0.2) is 42.5 Å². The van der Waals surface area contributed by atoms with Gasteiger partial charge in [0, 0.05) is 22.3 Å².